The van der Waals surface area contributed by atoms with Crippen LogP contribution in [-0.2, 0) is 4.79 Å². The molecule has 2 aromatic rings. The molecule has 0 fully saturated rings. The number of carbonyl (C=O) groups excluding carboxylic acids is 2. The van der Waals surface area contributed by atoms with Crippen molar-refractivity contribution in [1.82, 2.24) is 10.2 Å². The zero-order valence-electron chi connectivity index (χ0n) is 15.2. The molecule has 0 radical (unpaired) electrons. The molecule has 1 amide bonds. The molecule has 0 spiro atoms. The highest BCUT2D eigenvalue weighted by molar-refractivity contribution is 8.01. The number of nitrogens with zero attached hydrogens (tertiary/aromatic N) is 2. The maximum absolute atomic E-state index is 12.4. The Morgan fingerprint density at radius 3 is 2.56 bits per heavy atom. The van der Waals surface area contributed by atoms with E-state index in [1.807, 2.05) is 52.8 Å². The number of Topliss-reactive ketones (excluding diaryl/α,β-unsaturated/α-hetero) is 1. The Morgan fingerprint density at radius 1 is 1.20 bits per heavy atom. The van der Waals surface area contributed by atoms with Crippen molar-refractivity contribution in [2.45, 2.75) is 45.4 Å². The standard InChI is InChI=1S/C18H23N3O2S2/c1-11-6-7-13(12(2)8-11)14(22)10-24-17-21-20-16(25-17)19-15(23)9-18(3,4)5/h6-8H,9-10H2,1-5H3,(H,19,20,23). The fraction of sp³-hybridized carbons (Fsp3) is 0.444. The van der Waals surface area contributed by atoms with Crippen LogP contribution in [0.25, 0.3) is 0 Å². The van der Waals surface area contributed by atoms with Gasteiger partial charge in [-0.05, 0) is 24.8 Å². The first kappa shape index (κ1) is 19.6. The van der Waals surface area contributed by atoms with Gasteiger partial charge in [-0.3, -0.25) is 9.59 Å². The predicted octanol–water partition coefficient (Wildman–Crippen LogP) is 4.50. The van der Waals surface area contributed by atoms with E-state index in [0.717, 1.165) is 16.7 Å². The van der Waals surface area contributed by atoms with Gasteiger partial charge in [0.05, 0.1) is 5.75 Å². The Hall–Kier alpha value is -1.73. The van der Waals surface area contributed by atoms with E-state index >= 15 is 0 Å². The van der Waals surface area contributed by atoms with Crippen LogP contribution in [0, 0.1) is 19.3 Å². The average Bonchev–Trinajstić information content (AvgIpc) is 2.90. The monoisotopic (exact) mass is 377 g/mol. The summed E-state index contributed by atoms with van der Waals surface area (Å²) >= 11 is 2.63. The van der Waals surface area contributed by atoms with Crippen molar-refractivity contribution in [3.05, 3.63) is 34.9 Å². The number of ketones is 1. The number of anilines is 1. The molecule has 1 N–H and O–H groups in total. The van der Waals surface area contributed by atoms with Crippen molar-refractivity contribution in [3.63, 3.8) is 0 Å². The van der Waals surface area contributed by atoms with Crippen LogP contribution in [0.15, 0.2) is 22.5 Å². The molecule has 7 heteroatoms. The number of aryl methyl sites for hydroxylation is 2. The number of hydrogen-bond donors (Lipinski definition) is 1. The van der Waals surface area contributed by atoms with Crippen LogP contribution in [-0.4, -0.2) is 27.6 Å². The molecule has 0 aliphatic rings. The van der Waals surface area contributed by atoms with Gasteiger partial charge in [0, 0.05) is 12.0 Å². The first-order valence-corrected chi connectivity index (χ1v) is 9.81. The minimum atomic E-state index is -0.0787. The number of benzene rings is 1. The topological polar surface area (TPSA) is 72.0 Å². The second-order valence-corrected chi connectivity index (χ2v) is 9.39. The van der Waals surface area contributed by atoms with Gasteiger partial charge < -0.3 is 5.32 Å². The Labute approximate surface area is 156 Å². The van der Waals surface area contributed by atoms with Crippen molar-refractivity contribution in [2.75, 3.05) is 11.1 Å². The van der Waals surface area contributed by atoms with E-state index in [1.54, 1.807) is 0 Å². The van der Waals surface area contributed by atoms with Crippen molar-refractivity contribution < 1.29 is 9.59 Å². The zero-order chi connectivity index (χ0) is 18.6. The Kier molecular flexibility index (Phi) is 6.35. The van der Waals surface area contributed by atoms with Gasteiger partial charge in [0.1, 0.15) is 0 Å². The fourth-order valence-electron chi connectivity index (χ4n) is 2.30. The lowest BCUT2D eigenvalue weighted by molar-refractivity contribution is -0.117. The minimum Gasteiger partial charge on any atom is -0.300 e. The molecule has 134 valence electrons. The molecule has 0 unspecified atom stereocenters. The van der Waals surface area contributed by atoms with E-state index < -0.39 is 0 Å². The summed E-state index contributed by atoms with van der Waals surface area (Å²) in [5.74, 6) is 0.289. The summed E-state index contributed by atoms with van der Waals surface area (Å²) in [7, 11) is 0. The molecule has 2 rings (SSSR count). The Balaban J connectivity index is 1.91. The lowest BCUT2D eigenvalue weighted by Gasteiger charge is -2.16. The van der Waals surface area contributed by atoms with Gasteiger partial charge in [-0.15, -0.1) is 10.2 Å². The first-order chi connectivity index (χ1) is 11.6. The summed E-state index contributed by atoms with van der Waals surface area (Å²) in [6, 6.07) is 5.82. The third-order valence-corrected chi connectivity index (χ3v) is 5.32. The number of rotatable bonds is 6. The first-order valence-electron chi connectivity index (χ1n) is 8.01. The smallest absolute Gasteiger partial charge is 0.226 e. The molecule has 0 saturated carbocycles. The van der Waals surface area contributed by atoms with Crippen LogP contribution >= 0.6 is 23.1 Å². The van der Waals surface area contributed by atoms with Crippen LogP contribution in [0.5, 0.6) is 0 Å². The SMILES string of the molecule is Cc1ccc(C(=O)CSc2nnc(NC(=O)CC(C)(C)C)s2)c(C)c1. The summed E-state index contributed by atoms with van der Waals surface area (Å²) in [4.78, 5) is 24.3. The number of thioether (sulfide) groups is 1. The van der Waals surface area contributed by atoms with E-state index in [2.05, 4.69) is 15.5 Å². The molecular weight excluding hydrogens is 354 g/mol. The lowest BCUT2D eigenvalue weighted by Crippen LogP contribution is -2.19. The third kappa shape index (κ3) is 6.25. The zero-order valence-corrected chi connectivity index (χ0v) is 16.8. The van der Waals surface area contributed by atoms with Crippen LogP contribution in [0.1, 0.15) is 48.7 Å². The van der Waals surface area contributed by atoms with Gasteiger partial charge in [0.15, 0.2) is 10.1 Å². The highest BCUT2D eigenvalue weighted by Crippen LogP contribution is 2.27. The minimum absolute atomic E-state index is 0.0658. The molecule has 0 saturated heterocycles. The Morgan fingerprint density at radius 2 is 1.92 bits per heavy atom. The van der Waals surface area contributed by atoms with Crippen LogP contribution in [0.4, 0.5) is 5.13 Å². The van der Waals surface area contributed by atoms with Gasteiger partial charge in [-0.25, -0.2) is 0 Å². The van der Waals surface area contributed by atoms with E-state index in [1.165, 1.54) is 23.1 Å². The van der Waals surface area contributed by atoms with Crippen LogP contribution in [0.3, 0.4) is 0 Å². The van der Waals surface area contributed by atoms with E-state index in [0.29, 0.717) is 21.6 Å². The van der Waals surface area contributed by atoms with Gasteiger partial charge in [-0.2, -0.15) is 0 Å². The van der Waals surface area contributed by atoms with Crippen molar-refractivity contribution >= 4 is 39.9 Å². The number of nitrogens with one attached hydrogen (secondary N) is 1. The van der Waals surface area contributed by atoms with Crippen molar-refractivity contribution in [2.24, 2.45) is 5.41 Å². The summed E-state index contributed by atoms with van der Waals surface area (Å²) in [5, 5.41) is 11.2. The summed E-state index contributed by atoms with van der Waals surface area (Å²) in [6.45, 7) is 9.97. The molecular formula is C18H23N3O2S2. The maximum Gasteiger partial charge on any atom is 0.226 e. The fourth-order valence-corrected chi connectivity index (χ4v) is 3.95. The quantitative estimate of drug-likeness (QED) is 0.456. The molecule has 0 aliphatic carbocycles. The highest BCUT2D eigenvalue weighted by Gasteiger charge is 2.18. The Bertz CT molecular complexity index is 779. The van der Waals surface area contributed by atoms with Gasteiger partial charge in [0.25, 0.3) is 0 Å². The number of amides is 1. The predicted molar refractivity (Wildman–Crippen MR) is 104 cm³/mol. The lowest BCUT2D eigenvalue weighted by atomic mass is 9.92. The maximum atomic E-state index is 12.4. The molecule has 0 atom stereocenters. The van der Waals surface area contributed by atoms with E-state index in [4.69, 9.17) is 0 Å². The van der Waals surface area contributed by atoms with E-state index in [9.17, 15) is 9.59 Å². The summed E-state index contributed by atoms with van der Waals surface area (Å²) in [6.07, 6.45) is 0.417. The van der Waals surface area contributed by atoms with Crippen LogP contribution in [0.2, 0.25) is 0 Å². The average molecular weight is 378 g/mol. The molecule has 1 aromatic carbocycles. The number of aromatic nitrogens is 2. The van der Waals surface area contributed by atoms with Gasteiger partial charge in [-0.1, -0.05) is 67.6 Å². The largest absolute Gasteiger partial charge is 0.300 e. The number of hydrogen-bond acceptors (Lipinski definition) is 6. The van der Waals surface area contributed by atoms with Gasteiger partial charge >= 0.3 is 0 Å². The number of carbonyl (C=O) groups is 2. The summed E-state index contributed by atoms with van der Waals surface area (Å²) < 4.78 is 0.671. The summed E-state index contributed by atoms with van der Waals surface area (Å²) in [5.41, 5.74) is 2.78. The molecule has 5 nitrogen and oxygen atoms in total. The highest BCUT2D eigenvalue weighted by atomic mass is 32.2. The molecule has 25 heavy (non-hydrogen) atoms. The molecule has 0 aliphatic heterocycles. The normalized spacial score (nSPS) is 11.4. The molecule has 1 aromatic heterocycles. The second kappa shape index (κ2) is 8.10. The van der Waals surface area contributed by atoms with Crippen LogP contribution < -0.4 is 5.32 Å². The van der Waals surface area contributed by atoms with Gasteiger partial charge in [0.2, 0.25) is 11.0 Å². The van der Waals surface area contributed by atoms with Crippen molar-refractivity contribution in [3.8, 4) is 0 Å². The molecule has 1 heterocycles. The second-order valence-electron chi connectivity index (χ2n) is 7.19. The van der Waals surface area contributed by atoms with E-state index in [-0.39, 0.29) is 17.1 Å². The molecule has 0 bridgehead atoms. The van der Waals surface area contributed by atoms with Crippen molar-refractivity contribution in [1.29, 1.82) is 0 Å². The third-order valence-electron chi connectivity index (χ3n) is 3.35.